The van der Waals surface area contributed by atoms with Gasteiger partial charge in [-0.25, -0.2) is 8.42 Å². The highest BCUT2D eigenvalue weighted by Crippen LogP contribution is 2.27. The van der Waals surface area contributed by atoms with Crippen molar-refractivity contribution in [1.29, 1.82) is 0 Å². The standard InChI is InChI=1S/C12H16Cl2N2O2S/c1-8-6-15-7-9(2)16(8)19(17,18)12-4-10(13)3-11(14)5-12/h3-5,8-9,15H,6-7H2,1-2H3/t8-,9+. The van der Waals surface area contributed by atoms with Gasteiger partial charge in [-0.3, -0.25) is 0 Å². The summed E-state index contributed by atoms with van der Waals surface area (Å²) in [4.78, 5) is 0.144. The van der Waals surface area contributed by atoms with Crippen LogP contribution in [0.4, 0.5) is 0 Å². The molecule has 0 saturated carbocycles. The Hall–Kier alpha value is -0.330. The number of nitrogens with zero attached hydrogens (tertiary/aromatic N) is 1. The minimum atomic E-state index is -3.58. The molecule has 1 saturated heterocycles. The first kappa shape index (κ1) is 15.1. The smallest absolute Gasteiger partial charge is 0.243 e. The number of sulfonamides is 1. The normalized spacial score (nSPS) is 25.5. The molecule has 0 unspecified atom stereocenters. The van der Waals surface area contributed by atoms with Crippen LogP contribution in [0.15, 0.2) is 23.1 Å². The van der Waals surface area contributed by atoms with Gasteiger partial charge < -0.3 is 5.32 Å². The average Bonchev–Trinajstić information content (AvgIpc) is 2.26. The van der Waals surface area contributed by atoms with E-state index in [1.807, 2.05) is 13.8 Å². The van der Waals surface area contributed by atoms with E-state index in [2.05, 4.69) is 5.32 Å². The van der Waals surface area contributed by atoms with Crippen molar-refractivity contribution in [3.63, 3.8) is 0 Å². The van der Waals surface area contributed by atoms with Crippen LogP contribution in [0.5, 0.6) is 0 Å². The fourth-order valence-corrected chi connectivity index (χ4v) is 4.94. The van der Waals surface area contributed by atoms with Gasteiger partial charge in [-0.2, -0.15) is 4.31 Å². The largest absolute Gasteiger partial charge is 0.314 e. The Morgan fingerprint density at radius 2 is 1.58 bits per heavy atom. The van der Waals surface area contributed by atoms with E-state index >= 15 is 0 Å². The molecular formula is C12H16Cl2N2O2S. The highest BCUT2D eigenvalue weighted by atomic mass is 35.5. The van der Waals surface area contributed by atoms with Gasteiger partial charge in [0.2, 0.25) is 10.0 Å². The Bertz CT molecular complexity index is 547. The zero-order valence-electron chi connectivity index (χ0n) is 10.7. The lowest BCUT2D eigenvalue weighted by molar-refractivity contribution is 0.220. The van der Waals surface area contributed by atoms with E-state index in [9.17, 15) is 8.42 Å². The predicted octanol–water partition coefficient (Wildman–Crippen LogP) is 2.36. The summed E-state index contributed by atoms with van der Waals surface area (Å²) in [5.74, 6) is 0. The summed E-state index contributed by atoms with van der Waals surface area (Å²) < 4.78 is 26.9. The second-order valence-electron chi connectivity index (χ2n) is 4.80. The number of hydrogen-bond donors (Lipinski definition) is 1. The van der Waals surface area contributed by atoms with Crippen molar-refractivity contribution < 1.29 is 8.42 Å². The van der Waals surface area contributed by atoms with E-state index < -0.39 is 10.0 Å². The molecule has 7 heteroatoms. The van der Waals surface area contributed by atoms with Crippen LogP contribution >= 0.6 is 23.2 Å². The maximum atomic E-state index is 12.7. The van der Waals surface area contributed by atoms with Crippen molar-refractivity contribution in [2.45, 2.75) is 30.8 Å². The topological polar surface area (TPSA) is 49.4 Å². The van der Waals surface area contributed by atoms with Crippen molar-refractivity contribution in [1.82, 2.24) is 9.62 Å². The number of nitrogens with one attached hydrogen (secondary N) is 1. The van der Waals surface area contributed by atoms with Crippen LogP contribution in [0.2, 0.25) is 10.0 Å². The van der Waals surface area contributed by atoms with Crippen LogP contribution in [-0.4, -0.2) is 37.9 Å². The van der Waals surface area contributed by atoms with Crippen molar-refractivity contribution in [2.24, 2.45) is 0 Å². The molecule has 4 nitrogen and oxygen atoms in total. The molecule has 1 aliphatic heterocycles. The molecule has 0 spiro atoms. The zero-order chi connectivity index (χ0) is 14.2. The lowest BCUT2D eigenvalue weighted by Crippen LogP contribution is -2.57. The lowest BCUT2D eigenvalue weighted by atomic mass is 10.2. The molecule has 1 N–H and O–H groups in total. The van der Waals surface area contributed by atoms with Gasteiger partial charge in [-0.05, 0) is 32.0 Å². The average molecular weight is 323 g/mol. The van der Waals surface area contributed by atoms with Gasteiger partial charge in [0.15, 0.2) is 0 Å². The molecule has 0 radical (unpaired) electrons. The van der Waals surface area contributed by atoms with Gasteiger partial charge in [-0.1, -0.05) is 23.2 Å². The number of piperazine rings is 1. The summed E-state index contributed by atoms with van der Waals surface area (Å²) in [6, 6.07) is 4.18. The number of hydrogen-bond acceptors (Lipinski definition) is 3. The van der Waals surface area contributed by atoms with Crippen LogP contribution in [0.25, 0.3) is 0 Å². The summed E-state index contributed by atoms with van der Waals surface area (Å²) in [7, 11) is -3.58. The van der Waals surface area contributed by atoms with E-state index in [0.29, 0.717) is 23.1 Å². The molecule has 0 aromatic heterocycles. The van der Waals surface area contributed by atoms with Gasteiger partial charge in [0, 0.05) is 35.2 Å². The van der Waals surface area contributed by atoms with E-state index in [1.165, 1.54) is 22.5 Å². The third-order valence-corrected chi connectivity index (χ3v) is 5.70. The van der Waals surface area contributed by atoms with Gasteiger partial charge >= 0.3 is 0 Å². The SMILES string of the molecule is C[C@@H]1CNC[C@H](C)N1S(=O)(=O)c1cc(Cl)cc(Cl)c1. The Labute approximate surface area is 123 Å². The quantitative estimate of drug-likeness (QED) is 0.909. The number of rotatable bonds is 2. The molecule has 1 fully saturated rings. The second kappa shape index (κ2) is 5.58. The van der Waals surface area contributed by atoms with Gasteiger partial charge in [0.05, 0.1) is 4.90 Å². The predicted molar refractivity (Wildman–Crippen MR) is 77.3 cm³/mol. The maximum Gasteiger partial charge on any atom is 0.243 e. The van der Waals surface area contributed by atoms with E-state index in [-0.39, 0.29) is 17.0 Å². The Morgan fingerprint density at radius 1 is 1.11 bits per heavy atom. The summed E-state index contributed by atoms with van der Waals surface area (Å²) in [6.45, 7) is 5.04. The Kier molecular flexibility index (Phi) is 4.42. The third kappa shape index (κ3) is 3.06. The van der Waals surface area contributed by atoms with Crippen LogP contribution in [-0.2, 0) is 10.0 Å². The van der Waals surface area contributed by atoms with Crippen molar-refractivity contribution in [3.8, 4) is 0 Å². The molecule has 19 heavy (non-hydrogen) atoms. The van der Waals surface area contributed by atoms with Gasteiger partial charge in [0.25, 0.3) is 0 Å². The van der Waals surface area contributed by atoms with Crippen LogP contribution in [0.3, 0.4) is 0 Å². The molecule has 1 aliphatic rings. The Balaban J connectivity index is 2.46. The molecule has 0 bridgehead atoms. The maximum absolute atomic E-state index is 12.7. The first-order valence-corrected chi connectivity index (χ1v) is 8.22. The van der Waals surface area contributed by atoms with Crippen LogP contribution in [0, 0.1) is 0 Å². The molecule has 1 aromatic carbocycles. The monoisotopic (exact) mass is 322 g/mol. The fourth-order valence-electron chi connectivity index (χ4n) is 2.39. The van der Waals surface area contributed by atoms with Crippen molar-refractivity contribution in [2.75, 3.05) is 13.1 Å². The summed E-state index contributed by atoms with van der Waals surface area (Å²) in [5, 5.41) is 3.84. The fraction of sp³-hybridized carbons (Fsp3) is 0.500. The second-order valence-corrected chi connectivity index (χ2v) is 7.51. The molecule has 106 valence electrons. The van der Waals surface area contributed by atoms with Crippen LogP contribution < -0.4 is 5.32 Å². The number of benzene rings is 1. The minimum Gasteiger partial charge on any atom is -0.314 e. The van der Waals surface area contributed by atoms with Gasteiger partial charge in [-0.15, -0.1) is 0 Å². The number of halogens is 2. The first-order chi connectivity index (χ1) is 8.82. The van der Waals surface area contributed by atoms with E-state index in [0.717, 1.165) is 0 Å². The third-order valence-electron chi connectivity index (χ3n) is 3.16. The lowest BCUT2D eigenvalue weighted by Gasteiger charge is -2.38. The Morgan fingerprint density at radius 3 is 2.05 bits per heavy atom. The highest BCUT2D eigenvalue weighted by Gasteiger charge is 2.35. The van der Waals surface area contributed by atoms with Crippen molar-refractivity contribution in [3.05, 3.63) is 28.2 Å². The summed E-state index contributed by atoms with van der Waals surface area (Å²) in [5.41, 5.74) is 0. The summed E-state index contributed by atoms with van der Waals surface area (Å²) in [6.07, 6.45) is 0. The molecule has 0 aliphatic carbocycles. The van der Waals surface area contributed by atoms with E-state index in [1.54, 1.807) is 0 Å². The van der Waals surface area contributed by atoms with E-state index in [4.69, 9.17) is 23.2 Å². The first-order valence-electron chi connectivity index (χ1n) is 6.02. The molecule has 1 aromatic rings. The molecule has 2 atom stereocenters. The molecule has 0 amide bonds. The van der Waals surface area contributed by atoms with Crippen molar-refractivity contribution >= 4 is 33.2 Å². The molecule has 1 heterocycles. The summed E-state index contributed by atoms with van der Waals surface area (Å²) >= 11 is 11.8. The molecular weight excluding hydrogens is 307 g/mol. The minimum absolute atomic E-state index is 0.105. The zero-order valence-corrected chi connectivity index (χ0v) is 13.1. The van der Waals surface area contributed by atoms with Gasteiger partial charge in [0.1, 0.15) is 0 Å². The molecule has 2 rings (SSSR count). The highest BCUT2D eigenvalue weighted by molar-refractivity contribution is 7.89. The van der Waals surface area contributed by atoms with Crippen LogP contribution in [0.1, 0.15) is 13.8 Å².